The van der Waals surface area contributed by atoms with Gasteiger partial charge in [-0.3, -0.25) is 4.79 Å². The van der Waals surface area contributed by atoms with E-state index in [4.69, 9.17) is 10.5 Å². The summed E-state index contributed by atoms with van der Waals surface area (Å²) in [5.74, 6) is -0.304. The fraction of sp³-hybridized carbons (Fsp3) is 0.308. The fourth-order valence-electron chi connectivity index (χ4n) is 1.47. The molecule has 0 aliphatic heterocycles. The summed E-state index contributed by atoms with van der Waals surface area (Å²) >= 11 is 0. The summed E-state index contributed by atoms with van der Waals surface area (Å²) in [5, 5.41) is 17.3. The maximum atomic E-state index is 12.1. The highest BCUT2D eigenvalue weighted by Gasteiger charge is 2.15. The molecule has 0 heterocycles. The van der Waals surface area contributed by atoms with Crippen LogP contribution < -0.4 is 4.90 Å². The highest BCUT2D eigenvalue weighted by atomic mass is 16.2. The van der Waals surface area contributed by atoms with Crippen LogP contribution in [0.2, 0.25) is 0 Å². The Bertz CT molecular complexity index is 494. The van der Waals surface area contributed by atoms with Crippen LogP contribution >= 0.6 is 0 Å². The van der Waals surface area contributed by atoms with Crippen molar-refractivity contribution >= 4 is 11.6 Å². The van der Waals surface area contributed by atoms with Crippen molar-refractivity contribution in [2.45, 2.75) is 0 Å². The second-order valence-electron chi connectivity index (χ2n) is 3.92. The molecule has 0 saturated heterocycles. The second-order valence-corrected chi connectivity index (χ2v) is 3.92. The predicted octanol–water partition coefficient (Wildman–Crippen LogP) is 1.24. The van der Waals surface area contributed by atoms with E-state index in [1.165, 1.54) is 4.90 Å². The van der Waals surface area contributed by atoms with Gasteiger partial charge in [0.1, 0.15) is 13.1 Å². The number of carbonyl (C=O) groups is 1. The van der Waals surface area contributed by atoms with E-state index in [1.807, 2.05) is 37.2 Å². The molecule has 92 valence electrons. The van der Waals surface area contributed by atoms with Crippen molar-refractivity contribution in [1.29, 1.82) is 10.5 Å². The van der Waals surface area contributed by atoms with E-state index in [1.54, 1.807) is 18.2 Å². The lowest BCUT2D eigenvalue weighted by Gasteiger charge is -2.18. The van der Waals surface area contributed by atoms with Gasteiger partial charge in [0.05, 0.1) is 12.1 Å². The molecular formula is C13H14N4O. The number of carbonyl (C=O) groups excluding carboxylic acids is 1. The third-order valence-corrected chi connectivity index (χ3v) is 2.42. The number of rotatable bonds is 4. The van der Waals surface area contributed by atoms with E-state index in [-0.39, 0.29) is 19.0 Å². The summed E-state index contributed by atoms with van der Waals surface area (Å²) < 4.78 is 0. The largest absolute Gasteiger partial charge is 0.378 e. The normalized spacial score (nSPS) is 9.11. The van der Waals surface area contributed by atoms with Crippen LogP contribution in [0, 0.1) is 22.7 Å². The lowest BCUT2D eigenvalue weighted by atomic mass is 10.1. The van der Waals surface area contributed by atoms with Crippen LogP contribution in [0.25, 0.3) is 0 Å². The Balaban J connectivity index is 2.98. The van der Waals surface area contributed by atoms with Crippen molar-refractivity contribution in [1.82, 2.24) is 4.90 Å². The zero-order chi connectivity index (χ0) is 13.5. The second kappa shape index (κ2) is 6.27. The summed E-state index contributed by atoms with van der Waals surface area (Å²) in [6.07, 6.45) is 0. The smallest absolute Gasteiger partial charge is 0.255 e. The van der Waals surface area contributed by atoms with Gasteiger partial charge in [-0.25, -0.2) is 0 Å². The zero-order valence-corrected chi connectivity index (χ0v) is 10.4. The molecule has 0 spiro atoms. The highest BCUT2D eigenvalue weighted by molar-refractivity contribution is 5.95. The van der Waals surface area contributed by atoms with E-state index in [0.717, 1.165) is 5.69 Å². The van der Waals surface area contributed by atoms with Gasteiger partial charge in [0.2, 0.25) is 0 Å². The number of hydrogen-bond acceptors (Lipinski definition) is 4. The quantitative estimate of drug-likeness (QED) is 0.745. The Hall–Kier alpha value is -2.53. The van der Waals surface area contributed by atoms with E-state index in [2.05, 4.69) is 0 Å². The van der Waals surface area contributed by atoms with Crippen molar-refractivity contribution in [3.8, 4) is 12.1 Å². The monoisotopic (exact) mass is 242 g/mol. The number of amides is 1. The molecule has 0 aromatic heterocycles. The molecule has 5 heteroatoms. The van der Waals surface area contributed by atoms with Crippen molar-refractivity contribution in [2.24, 2.45) is 0 Å². The molecule has 0 saturated carbocycles. The maximum absolute atomic E-state index is 12.1. The average Bonchev–Trinajstić information content (AvgIpc) is 2.38. The molecule has 5 nitrogen and oxygen atoms in total. The Kier molecular flexibility index (Phi) is 4.71. The first-order valence-electron chi connectivity index (χ1n) is 5.40. The molecule has 0 aliphatic carbocycles. The Morgan fingerprint density at radius 2 is 1.83 bits per heavy atom. The fourth-order valence-corrected chi connectivity index (χ4v) is 1.47. The standard InChI is InChI=1S/C13H14N4O/c1-16(2)12-5-3-4-11(10-12)13(18)17(8-6-14)9-7-15/h3-5,10H,8-9H2,1-2H3. The van der Waals surface area contributed by atoms with Gasteiger partial charge in [0.25, 0.3) is 5.91 Å². The topological polar surface area (TPSA) is 71.1 Å². The van der Waals surface area contributed by atoms with Crippen LogP contribution in [0.3, 0.4) is 0 Å². The minimum atomic E-state index is -0.304. The summed E-state index contributed by atoms with van der Waals surface area (Å²) in [6, 6.07) is 10.8. The maximum Gasteiger partial charge on any atom is 0.255 e. The van der Waals surface area contributed by atoms with E-state index in [9.17, 15) is 4.79 Å². The highest BCUT2D eigenvalue weighted by Crippen LogP contribution is 2.14. The number of nitriles is 2. The molecule has 1 amide bonds. The van der Waals surface area contributed by atoms with Gasteiger partial charge in [-0.2, -0.15) is 10.5 Å². The van der Waals surface area contributed by atoms with Crippen LogP contribution in [-0.4, -0.2) is 38.0 Å². The first-order valence-corrected chi connectivity index (χ1v) is 5.40. The number of hydrogen-bond donors (Lipinski definition) is 0. The molecule has 0 bridgehead atoms. The lowest BCUT2D eigenvalue weighted by molar-refractivity contribution is 0.0795. The molecule has 0 fully saturated rings. The van der Waals surface area contributed by atoms with E-state index < -0.39 is 0 Å². The molecule has 1 aromatic rings. The minimum absolute atomic E-state index is 0.0847. The molecule has 1 rings (SSSR count). The van der Waals surface area contributed by atoms with Crippen molar-refractivity contribution in [3.05, 3.63) is 29.8 Å². The zero-order valence-electron chi connectivity index (χ0n) is 10.4. The van der Waals surface area contributed by atoms with Gasteiger partial charge in [-0.15, -0.1) is 0 Å². The third-order valence-electron chi connectivity index (χ3n) is 2.42. The van der Waals surface area contributed by atoms with Gasteiger partial charge in [0, 0.05) is 25.3 Å². The molecular weight excluding hydrogens is 228 g/mol. The van der Waals surface area contributed by atoms with Crippen LogP contribution in [0.4, 0.5) is 5.69 Å². The lowest BCUT2D eigenvalue weighted by Crippen LogP contribution is -2.31. The van der Waals surface area contributed by atoms with Crippen LogP contribution in [0.15, 0.2) is 24.3 Å². The summed E-state index contributed by atoms with van der Waals surface area (Å²) in [7, 11) is 3.76. The van der Waals surface area contributed by atoms with Gasteiger partial charge in [-0.1, -0.05) is 6.07 Å². The molecule has 18 heavy (non-hydrogen) atoms. The van der Waals surface area contributed by atoms with Gasteiger partial charge in [-0.05, 0) is 18.2 Å². The van der Waals surface area contributed by atoms with E-state index >= 15 is 0 Å². The Morgan fingerprint density at radius 3 is 2.33 bits per heavy atom. The molecule has 0 unspecified atom stereocenters. The first-order chi connectivity index (χ1) is 8.60. The van der Waals surface area contributed by atoms with Gasteiger partial charge >= 0.3 is 0 Å². The summed E-state index contributed by atoms with van der Waals surface area (Å²) in [4.78, 5) is 15.2. The van der Waals surface area contributed by atoms with Crippen LogP contribution in [0.5, 0.6) is 0 Å². The molecule has 0 aliphatic rings. The number of anilines is 1. The minimum Gasteiger partial charge on any atom is -0.378 e. The number of nitrogens with zero attached hydrogens (tertiary/aromatic N) is 4. The third kappa shape index (κ3) is 3.23. The first kappa shape index (κ1) is 13.5. The molecule has 0 N–H and O–H groups in total. The van der Waals surface area contributed by atoms with Crippen LogP contribution in [0.1, 0.15) is 10.4 Å². The molecule has 0 atom stereocenters. The summed E-state index contributed by atoms with van der Waals surface area (Å²) in [6.45, 7) is -0.169. The van der Waals surface area contributed by atoms with E-state index in [0.29, 0.717) is 5.56 Å². The Labute approximate surface area is 106 Å². The van der Waals surface area contributed by atoms with Crippen molar-refractivity contribution in [2.75, 3.05) is 32.1 Å². The predicted molar refractivity (Wildman–Crippen MR) is 67.9 cm³/mol. The molecule has 1 aromatic carbocycles. The summed E-state index contributed by atoms with van der Waals surface area (Å²) in [5.41, 5.74) is 1.38. The van der Waals surface area contributed by atoms with Gasteiger partial charge in [0.15, 0.2) is 0 Å². The molecule has 0 radical (unpaired) electrons. The average molecular weight is 242 g/mol. The van der Waals surface area contributed by atoms with Crippen molar-refractivity contribution in [3.63, 3.8) is 0 Å². The van der Waals surface area contributed by atoms with Gasteiger partial charge < -0.3 is 9.80 Å². The van der Waals surface area contributed by atoms with Crippen LogP contribution in [-0.2, 0) is 0 Å². The van der Waals surface area contributed by atoms with Crippen molar-refractivity contribution < 1.29 is 4.79 Å². The number of benzene rings is 1. The SMILES string of the molecule is CN(C)c1cccc(C(=O)N(CC#N)CC#N)c1. The Morgan fingerprint density at radius 1 is 1.22 bits per heavy atom.